The molecule has 1 atom stereocenters. The van der Waals surface area contributed by atoms with Crippen LogP contribution in [0.2, 0.25) is 0 Å². The van der Waals surface area contributed by atoms with Crippen LogP contribution in [0.4, 0.5) is 9.18 Å². The molecular formula is C24H31FN4O5S. The summed E-state index contributed by atoms with van der Waals surface area (Å²) in [6, 6.07) is 2.69. The Morgan fingerprint density at radius 1 is 1.29 bits per heavy atom. The van der Waals surface area contributed by atoms with E-state index in [1.54, 1.807) is 34.6 Å². The fraction of sp³-hybridized carbons (Fsp3) is 0.500. The van der Waals surface area contributed by atoms with E-state index in [-0.39, 0.29) is 11.7 Å². The van der Waals surface area contributed by atoms with Crippen molar-refractivity contribution in [2.24, 2.45) is 10.9 Å². The summed E-state index contributed by atoms with van der Waals surface area (Å²) in [6.07, 6.45) is 2.60. The van der Waals surface area contributed by atoms with Gasteiger partial charge in [0, 0.05) is 24.7 Å². The van der Waals surface area contributed by atoms with Gasteiger partial charge in [-0.15, -0.1) is 0 Å². The number of hydrogen-bond acceptors (Lipinski definition) is 8. The summed E-state index contributed by atoms with van der Waals surface area (Å²) in [6.45, 7) is 10.2. The van der Waals surface area contributed by atoms with Gasteiger partial charge in [-0.2, -0.15) is 4.99 Å². The number of hydrogen-bond donors (Lipinski definition) is 2. The standard InChI is InChI=1S/C24H31FN4O5S/c1-14(2)19(21(31)34-24(3,4)5)27-23(32)33-17-13-16(25)9-8-15(17)12-18-20(30)28-22(35-18)29-11-7-6-10-26-29/h8-9,12-14,19,26H,6-7,10-11H2,1-5H3,(H,27,32)/t19-/m0/s1. The molecule has 2 N–H and O–H groups in total. The lowest BCUT2D eigenvalue weighted by atomic mass is 10.0. The largest absolute Gasteiger partial charge is 0.458 e. The van der Waals surface area contributed by atoms with E-state index in [0.717, 1.165) is 32.0 Å². The molecule has 2 aliphatic heterocycles. The van der Waals surface area contributed by atoms with Gasteiger partial charge >= 0.3 is 12.1 Å². The van der Waals surface area contributed by atoms with Crippen LogP contribution in [-0.4, -0.2) is 52.9 Å². The predicted octanol–water partition coefficient (Wildman–Crippen LogP) is 3.85. The molecule has 0 aliphatic carbocycles. The fourth-order valence-electron chi connectivity index (χ4n) is 3.34. The van der Waals surface area contributed by atoms with Crippen LogP contribution in [0.15, 0.2) is 28.1 Å². The second-order valence-electron chi connectivity index (χ2n) is 9.55. The summed E-state index contributed by atoms with van der Waals surface area (Å²) in [7, 11) is 0. The second kappa shape index (κ2) is 11.2. The van der Waals surface area contributed by atoms with E-state index >= 15 is 0 Å². The normalized spacial score (nSPS) is 18.5. The third-order valence-electron chi connectivity index (χ3n) is 5.02. The molecule has 190 valence electrons. The van der Waals surface area contributed by atoms with Crippen LogP contribution < -0.4 is 15.5 Å². The molecule has 0 unspecified atom stereocenters. The van der Waals surface area contributed by atoms with Gasteiger partial charge in [0.1, 0.15) is 23.2 Å². The van der Waals surface area contributed by atoms with Gasteiger partial charge in [0.25, 0.3) is 5.91 Å². The number of thioether (sulfide) groups is 1. The highest BCUT2D eigenvalue weighted by Gasteiger charge is 2.31. The molecule has 1 saturated heterocycles. The molecule has 0 radical (unpaired) electrons. The number of carbonyl (C=O) groups is 3. The number of ether oxygens (including phenoxy) is 2. The average Bonchev–Trinajstić information content (AvgIpc) is 3.13. The van der Waals surface area contributed by atoms with Gasteiger partial charge < -0.3 is 14.8 Å². The zero-order valence-corrected chi connectivity index (χ0v) is 21.3. The lowest BCUT2D eigenvalue weighted by molar-refractivity contribution is -0.158. The van der Waals surface area contributed by atoms with Gasteiger partial charge in [-0.1, -0.05) is 13.8 Å². The zero-order chi connectivity index (χ0) is 25.8. The van der Waals surface area contributed by atoms with E-state index in [0.29, 0.717) is 15.6 Å². The maximum absolute atomic E-state index is 14.0. The summed E-state index contributed by atoms with van der Waals surface area (Å²) in [5, 5.41) is 4.88. The summed E-state index contributed by atoms with van der Waals surface area (Å²) in [5.41, 5.74) is 2.79. The van der Waals surface area contributed by atoms with E-state index in [1.165, 1.54) is 30.0 Å². The lowest BCUT2D eigenvalue weighted by Crippen LogP contribution is -2.48. The lowest BCUT2D eigenvalue weighted by Gasteiger charge is -2.28. The Morgan fingerprint density at radius 2 is 2.03 bits per heavy atom. The Hall–Kier alpha value is -2.92. The Balaban J connectivity index is 1.74. The Kier molecular flexibility index (Phi) is 8.55. The molecular weight excluding hydrogens is 475 g/mol. The predicted molar refractivity (Wildman–Crippen MR) is 132 cm³/mol. The number of halogens is 1. The number of amides is 2. The minimum atomic E-state index is -0.961. The first-order valence-electron chi connectivity index (χ1n) is 11.5. The topological polar surface area (TPSA) is 109 Å². The molecule has 0 aromatic heterocycles. The molecule has 9 nitrogen and oxygen atoms in total. The number of nitrogens with zero attached hydrogens (tertiary/aromatic N) is 2. The van der Waals surface area contributed by atoms with Gasteiger partial charge in [-0.05, 0) is 69.5 Å². The number of benzene rings is 1. The van der Waals surface area contributed by atoms with Crippen molar-refractivity contribution in [3.05, 3.63) is 34.5 Å². The van der Waals surface area contributed by atoms with Crippen molar-refractivity contribution < 1.29 is 28.2 Å². The van der Waals surface area contributed by atoms with Crippen LogP contribution in [-0.2, 0) is 14.3 Å². The Morgan fingerprint density at radius 3 is 2.66 bits per heavy atom. The van der Waals surface area contributed by atoms with E-state index in [4.69, 9.17) is 9.47 Å². The van der Waals surface area contributed by atoms with Gasteiger partial charge in [-0.25, -0.2) is 19.4 Å². The number of esters is 1. The second-order valence-corrected chi connectivity index (χ2v) is 10.6. The molecule has 2 amide bonds. The van der Waals surface area contributed by atoms with Gasteiger partial charge in [0.05, 0.1) is 4.91 Å². The van der Waals surface area contributed by atoms with Crippen LogP contribution in [0.5, 0.6) is 5.75 Å². The van der Waals surface area contributed by atoms with Crippen LogP contribution in [0.3, 0.4) is 0 Å². The first-order chi connectivity index (χ1) is 16.4. The van der Waals surface area contributed by atoms with Crippen molar-refractivity contribution in [1.29, 1.82) is 0 Å². The SMILES string of the molecule is CC(C)[C@H](NC(=O)Oc1cc(F)ccc1C=C1SC(N2CCCCN2)=NC1=O)C(=O)OC(C)(C)C. The third-order valence-corrected chi connectivity index (χ3v) is 6.02. The Labute approximate surface area is 208 Å². The highest BCUT2D eigenvalue weighted by atomic mass is 32.2. The molecule has 2 aliphatic rings. The molecule has 0 spiro atoms. The summed E-state index contributed by atoms with van der Waals surface area (Å²) < 4.78 is 24.7. The summed E-state index contributed by atoms with van der Waals surface area (Å²) >= 11 is 1.19. The fourth-order valence-corrected chi connectivity index (χ4v) is 4.25. The van der Waals surface area contributed by atoms with Crippen LogP contribution in [0.25, 0.3) is 6.08 Å². The first-order valence-corrected chi connectivity index (χ1v) is 12.3. The molecule has 0 saturated carbocycles. The smallest absolute Gasteiger partial charge is 0.413 e. The highest BCUT2D eigenvalue weighted by molar-refractivity contribution is 8.18. The van der Waals surface area contributed by atoms with Crippen molar-refractivity contribution in [3.8, 4) is 5.75 Å². The maximum atomic E-state index is 14.0. The van der Waals surface area contributed by atoms with Crippen LogP contribution in [0.1, 0.15) is 53.0 Å². The minimum absolute atomic E-state index is 0.0976. The molecule has 0 bridgehead atoms. The molecule has 35 heavy (non-hydrogen) atoms. The van der Waals surface area contributed by atoms with Crippen molar-refractivity contribution in [3.63, 3.8) is 0 Å². The van der Waals surface area contributed by atoms with Crippen molar-refractivity contribution in [2.45, 2.75) is 59.1 Å². The van der Waals surface area contributed by atoms with E-state index in [2.05, 4.69) is 15.7 Å². The first kappa shape index (κ1) is 26.7. The third kappa shape index (κ3) is 7.53. The number of carbonyl (C=O) groups excluding carboxylic acids is 3. The van der Waals surface area contributed by atoms with Crippen LogP contribution >= 0.6 is 11.8 Å². The average molecular weight is 507 g/mol. The molecule has 1 aromatic carbocycles. The van der Waals surface area contributed by atoms with Crippen molar-refractivity contribution >= 4 is 41.0 Å². The monoisotopic (exact) mass is 506 g/mol. The van der Waals surface area contributed by atoms with E-state index in [9.17, 15) is 18.8 Å². The molecule has 1 fully saturated rings. The molecule has 11 heteroatoms. The van der Waals surface area contributed by atoms with Crippen molar-refractivity contribution in [2.75, 3.05) is 13.1 Å². The zero-order valence-electron chi connectivity index (χ0n) is 20.5. The number of rotatable bonds is 5. The highest BCUT2D eigenvalue weighted by Crippen LogP contribution is 2.33. The Bertz CT molecular complexity index is 1040. The number of amidine groups is 1. The molecule has 2 heterocycles. The van der Waals surface area contributed by atoms with Crippen molar-refractivity contribution in [1.82, 2.24) is 15.8 Å². The van der Waals surface area contributed by atoms with Gasteiger partial charge in [0.2, 0.25) is 0 Å². The summed E-state index contributed by atoms with van der Waals surface area (Å²) in [5.74, 6) is -2.03. The quantitative estimate of drug-likeness (QED) is 0.458. The van der Waals surface area contributed by atoms with Gasteiger partial charge in [-0.3, -0.25) is 9.80 Å². The molecule has 3 rings (SSSR count). The van der Waals surface area contributed by atoms with Crippen LogP contribution in [0, 0.1) is 11.7 Å². The number of nitrogens with one attached hydrogen (secondary N) is 2. The maximum Gasteiger partial charge on any atom is 0.413 e. The molecule has 1 aromatic rings. The summed E-state index contributed by atoms with van der Waals surface area (Å²) in [4.78, 5) is 42.0. The number of hydrazine groups is 1. The van der Waals surface area contributed by atoms with E-state index < -0.39 is 35.4 Å². The number of aliphatic imine (C=N–C) groups is 1. The van der Waals surface area contributed by atoms with E-state index in [1.807, 2.05) is 5.01 Å². The van der Waals surface area contributed by atoms with Gasteiger partial charge in [0.15, 0.2) is 5.17 Å². The minimum Gasteiger partial charge on any atom is -0.458 e.